The fourth-order valence-electron chi connectivity index (χ4n) is 2.11. The Labute approximate surface area is 148 Å². The highest BCUT2D eigenvalue weighted by Crippen LogP contribution is 2.26. The lowest BCUT2D eigenvalue weighted by atomic mass is 10.1. The van der Waals surface area contributed by atoms with E-state index in [9.17, 15) is 4.79 Å². The maximum Gasteiger partial charge on any atom is 0.252 e. The Morgan fingerprint density at radius 1 is 1.13 bits per heavy atom. The molecule has 0 aliphatic heterocycles. The standard InChI is InChI=1S/C18H22N2OS.ClH/c1-13(2)22-17-6-4-3-5-16(17)18(21)20-12-11-14-7-9-15(19)10-8-14;/h3-10,13H,11-12,19H2,1-2H3,(H,20,21);1H. The van der Waals surface area contributed by atoms with Crippen LogP contribution in [0.4, 0.5) is 5.69 Å². The summed E-state index contributed by atoms with van der Waals surface area (Å²) in [5, 5.41) is 3.44. The molecule has 0 unspecified atom stereocenters. The summed E-state index contributed by atoms with van der Waals surface area (Å²) in [4.78, 5) is 13.4. The van der Waals surface area contributed by atoms with Crippen molar-refractivity contribution in [1.29, 1.82) is 0 Å². The number of nitrogen functional groups attached to an aromatic ring is 1. The molecule has 23 heavy (non-hydrogen) atoms. The zero-order valence-corrected chi connectivity index (χ0v) is 15.0. The average Bonchev–Trinajstić information content (AvgIpc) is 2.49. The van der Waals surface area contributed by atoms with Gasteiger partial charge in [-0.25, -0.2) is 0 Å². The molecule has 0 saturated carbocycles. The van der Waals surface area contributed by atoms with Gasteiger partial charge in [0.05, 0.1) is 5.56 Å². The van der Waals surface area contributed by atoms with Gasteiger partial charge in [-0.15, -0.1) is 24.2 Å². The highest BCUT2D eigenvalue weighted by molar-refractivity contribution is 8.00. The molecule has 2 aromatic carbocycles. The van der Waals surface area contributed by atoms with E-state index in [4.69, 9.17) is 5.73 Å². The van der Waals surface area contributed by atoms with Crippen molar-refractivity contribution < 1.29 is 4.79 Å². The molecule has 0 saturated heterocycles. The number of rotatable bonds is 6. The molecule has 2 aromatic rings. The van der Waals surface area contributed by atoms with Crippen LogP contribution in [0.3, 0.4) is 0 Å². The zero-order chi connectivity index (χ0) is 15.9. The van der Waals surface area contributed by atoms with Gasteiger partial charge in [0.15, 0.2) is 0 Å². The van der Waals surface area contributed by atoms with Crippen molar-refractivity contribution in [1.82, 2.24) is 5.32 Å². The maximum absolute atomic E-state index is 12.3. The summed E-state index contributed by atoms with van der Waals surface area (Å²) in [6.07, 6.45) is 0.797. The molecule has 0 aliphatic carbocycles. The van der Waals surface area contributed by atoms with Crippen molar-refractivity contribution in [3.05, 3.63) is 59.7 Å². The van der Waals surface area contributed by atoms with Gasteiger partial charge in [-0.05, 0) is 36.2 Å². The lowest BCUT2D eigenvalue weighted by Crippen LogP contribution is -2.26. The molecule has 3 nitrogen and oxygen atoms in total. The van der Waals surface area contributed by atoms with Crippen molar-refractivity contribution in [3.8, 4) is 0 Å². The summed E-state index contributed by atoms with van der Waals surface area (Å²) in [7, 11) is 0. The number of halogens is 1. The second-order valence-corrected chi connectivity index (χ2v) is 7.03. The van der Waals surface area contributed by atoms with E-state index in [1.165, 1.54) is 5.56 Å². The van der Waals surface area contributed by atoms with Crippen LogP contribution in [0.1, 0.15) is 29.8 Å². The molecule has 0 spiro atoms. The minimum Gasteiger partial charge on any atom is -0.399 e. The van der Waals surface area contributed by atoms with Crippen LogP contribution in [0.5, 0.6) is 0 Å². The van der Waals surface area contributed by atoms with Crippen molar-refractivity contribution in [2.75, 3.05) is 12.3 Å². The number of carbonyl (C=O) groups excluding carboxylic acids is 1. The van der Waals surface area contributed by atoms with Crippen LogP contribution in [0.25, 0.3) is 0 Å². The number of amides is 1. The third kappa shape index (κ3) is 6.16. The van der Waals surface area contributed by atoms with E-state index in [1.807, 2.05) is 48.5 Å². The van der Waals surface area contributed by atoms with Gasteiger partial charge in [0.25, 0.3) is 5.91 Å². The zero-order valence-electron chi connectivity index (χ0n) is 13.4. The minimum absolute atomic E-state index is 0. The third-order valence-electron chi connectivity index (χ3n) is 3.17. The lowest BCUT2D eigenvalue weighted by Gasteiger charge is -2.11. The van der Waals surface area contributed by atoms with Crippen molar-refractivity contribution in [2.45, 2.75) is 30.4 Å². The molecule has 124 valence electrons. The Bertz CT molecular complexity index is 629. The highest BCUT2D eigenvalue weighted by atomic mass is 35.5. The van der Waals surface area contributed by atoms with Gasteiger partial charge in [0.2, 0.25) is 0 Å². The van der Waals surface area contributed by atoms with E-state index in [0.29, 0.717) is 11.8 Å². The molecule has 0 aromatic heterocycles. The van der Waals surface area contributed by atoms with Gasteiger partial charge >= 0.3 is 0 Å². The monoisotopic (exact) mass is 350 g/mol. The van der Waals surface area contributed by atoms with Gasteiger partial charge in [-0.2, -0.15) is 0 Å². The van der Waals surface area contributed by atoms with Crippen LogP contribution in [0.15, 0.2) is 53.4 Å². The normalized spacial score (nSPS) is 10.2. The Balaban J connectivity index is 0.00000264. The number of hydrogen-bond acceptors (Lipinski definition) is 3. The number of hydrogen-bond donors (Lipinski definition) is 2. The molecule has 0 aliphatic rings. The van der Waals surface area contributed by atoms with E-state index in [1.54, 1.807) is 11.8 Å². The van der Waals surface area contributed by atoms with Gasteiger partial charge in [0, 0.05) is 22.4 Å². The second-order valence-electron chi connectivity index (χ2n) is 5.41. The summed E-state index contributed by atoms with van der Waals surface area (Å²) >= 11 is 1.71. The molecule has 0 radical (unpaired) electrons. The van der Waals surface area contributed by atoms with E-state index in [2.05, 4.69) is 19.2 Å². The molecule has 0 heterocycles. The van der Waals surface area contributed by atoms with Crippen LogP contribution in [-0.2, 0) is 6.42 Å². The first-order valence-electron chi connectivity index (χ1n) is 7.44. The predicted molar refractivity (Wildman–Crippen MR) is 102 cm³/mol. The number of anilines is 1. The lowest BCUT2D eigenvalue weighted by molar-refractivity contribution is 0.0951. The van der Waals surface area contributed by atoms with E-state index in [-0.39, 0.29) is 18.3 Å². The topological polar surface area (TPSA) is 55.1 Å². The molecule has 1 amide bonds. The van der Waals surface area contributed by atoms with Gasteiger partial charge in [-0.3, -0.25) is 4.79 Å². The average molecular weight is 351 g/mol. The van der Waals surface area contributed by atoms with Crippen LogP contribution in [0, 0.1) is 0 Å². The Hall–Kier alpha value is -1.65. The van der Waals surface area contributed by atoms with Crippen molar-refractivity contribution >= 4 is 35.8 Å². The molecule has 0 bridgehead atoms. The van der Waals surface area contributed by atoms with Crippen LogP contribution >= 0.6 is 24.2 Å². The molecule has 2 rings (SSSR count). The van der Waals surface area contributed by atoms with E-state index in [0.717, 1.165) is 22.6 Å². The van der Waals surface area contributed by atoms with E-state index >= 15 is 0 Å². The van der Waals surface area contributed by atoms with Crippen LogP contribution in [0.2, 0.25) is 0 Å². The molecular formula is C18H23ClN2OS. The number of nitrogens with one attached hydrogen (secondary N) is 1. The second kappa shape index (κ2) is 9.48. The highest BCUT2D eigenvalue weighted by Gasteiger charge is 2.11. The summed E-state index contributed by atoms with van der Waals surface area (Å²) in [6.45, 7) is 4.87. The molecule has 3 N–H and O–H groups in total. The summed E-state index contributed by atoms with van der Waals surface area (Å²) < 4.78 is 0. The van der Waals surface area contributed by atoms with Crippen LogP contribution < -0.4 is 11.1 Å². The summed E-state index contributed by atoms with van der Waals surface area (Å²) in [5.41, 5.74) is 8.34. The number of benzene rings is 2. The smallest absolute Gasteiger partial charge is 0.252 e. The third-order valence-corrected chi connectivity index (χ3v) is 4.25. The van der Waals surface area contributed by atoms with Crippen molar-refractivity contribution in [2.24, 2.45) is 0 Å². The SMILES string of the molecule is CC(C)Sc1ccccc1C(=O)NCCc1ccc(N)cc1.Cl. The summed E-state index contributed by atoms with van der Waals surface area (Å²) in [6, 6.07) is 15.5. The minimum atomic E-state index is -0.0146. The van der Waals surface area contributed by atoms with Gasteiger partial charge in [-0.1, -0.05) is 38.1 Å². The largest absolute Gasteiger partial charge is 0.399 e. The molecular weight excluding hydrogens is 328 g/mol. The maximum atomic E-state index is 12.3. The first-order valence-corrected chi connectivity index (χ1v) is 8.32. The number of thioether (sulfide) groups is 1. The first kappa shape index (κ1) is 19.4. The van der Waals surface area contributed by atoms with Gasteiger partial charge in [0.1, 0.15) is 0 Å². The number of carbonyl (C=O) groups is 1. The first-order chi connectivity index (χ1) is 10.6. The van der Waals surface area contributed by atoms with E-state index < -0.39 is 0 Å². The van der Waals surface area contributed by atoms with Crippen LogP contribution in [-0.4, -0.2) is 17.7 Å². The van der Waals surface area contributed by atoms with Crippen molar-refractivity contribution in [3.63, 3.8) is 0 Å². The molecule has 0 fully saturated rings. The quantitative estimate of drug-likeness (QED) is 0.607. The number of nitrogens with two attached hydrogens (primary N) is 1. The molecule has 0 atom stereocenters. The Morgan fingerprint density at radius 2 is 1.78 bits per heavy atom. The fourth-order valence-corrected chi connectivity index (χ4v) is 3.06. The van der Waals surface area contributed by atoms with Gasteiger partial charge < -0.3 is 11.1 Å². The molecule has 5 heteroatoms. The predicted octanol–water partition coefficient (Wildman–Crippen LogP) is 4.16. The summed E-state index contributed by atoms with van der Waals surface area (Å²) in [5.74, 6) is -0.0146. The fraction of sp³-hybridized carbons (Fsp3) is 0.278. The Kier molecular flexibility index (Phi) is 8.00. The Morgan fingerprint density at radius 3 is 2.43 bits per heavy atom.